The van der Waals surface area contributed by atoms with Gasteiger partial charge in [0, 0.05) is 19.0 Å². The number of rotatable bonds is 5. The second-order valence-corrected chi connectivity index (χ2v) is 6.48. The maximum Gasteiger partial charge on any atom is 0.360 e. The number of benzene rings is 2. The molecule has 1 fully saturated rings. The fourth-order valence-corrected chi connectivity index (χ4v) is 3.50. The lowest BCUT2D eigenvalue weighted by Crippen LogP contribution is -2.22. The highest BCUT2D eigenvalue weighted by Crippen LogP contribution is 2.32. The van der Waals surface area contributed by atoms with Crippen molar-refractivity contribution >= 4 is 11.8 Å². The summed E-state index contributed by atoms with van der Waals surface area (Å²) in [5.41, 5.74) is 1.82. The molecule has 7 heteroatoms. The summed E-state index contributed by atoms with van der Waals surface area (Å²) in [5.74, 6) is 0.241. The molecule has 0 saturated carbocycles. The number of methoxy groups -OCH3 is 1. The third-order valence-corrected chi connectivity index (χ3v) is 4.86. The summed E-state index contributed by atoms with van der Waals surface area (Å²) in [6.07, 6.45) is 0.949. The Labute approximate surface area is 156 Å². The Morgan fingerprint density at radius 2 is 1.85 bits per heavy atom. The van der Waals surface area contributed by atoms with E-state index in [0.717, 1.165) is 19.5 Å². The Bertz CT molecular complexity index is 955. The minimum atomic E-state index is -1.09. The van der Waals surface area contributed by atoms with Gasteiger partial charge in [-0.3, -0.25) is 0 Å². The zero-order valence-electron chi connectivity index (χ0n) is 14.9. The van der Waals surface area contributed by atoms with E-state index in [4.69, 9.17) is 4.74 Å². The highest BCUT2D eigenvalue weighted by atomic mass is 16.5. The van der Waals surface area contributed by atoms with E-state index in [9.17, 15) is 9.90 Å². The summed E-state index contributed by atoms with van der Waals surface area (Å²) in [5, 5.41) is 18.3. The summed E-state index contributed by atoms with van der Waals surface area (Å²) in [7, 11) is 1.56. The molecule has 138 valence electrons. The van der Waals surface area contributed by atoms with E-state index in [1.54, 1.807) is 19.2 Å². The second kappa shape index (κ2) is 7.11. The first-order valence-electron chi connectivity index (χ1n) is 8.81. The Hall–Kier alpha value is -3.35. The number of carboxylic acids is 1. The van der Waals surface area contributed by atoms with Crippen LogP contribution >= 0.6 is 0 Å². The number of nitrogens with zero attached hydrogens (tertiary/aromatic N) is 4. The van der Waals surface area contributed by atoms with Crippen LogP contribution in [0.3, 0.4) is 0 Å². The van der Waals surface area contributed by atoms with E-state index >= 15 is 0 Å². The molecule has 1 atom stereocenters. The first-order chi connectivity index (χ1) is 13.2. The summed E-state index contributed by atoms with van der Waals surface area (Å²) in [4.78, 5) is 15.1. The molecule has 3 aromatic rings. The van der Waals surface area contributed by atoms with Crippen molar-refractivity contribution in [2.24, 2.45) is 0 Å². The van der Waals surface area contributed by atoms with E-state index in [-0.39, 0.29) is 5.69 Å². The molecule has 2 aromatic carbocycles. The highest BCUT2D eigenvalue weighted by Gasteiger charge is 2.30. The maximum atomic E-state index is 11.8. The molecule has 0 radical (unpaired) electrons. The van der Waals surface area contributed by atoms with E-state index in [1.807, 2.05) is 35.2 Å². The first-order valence-corrected chi connectivity index (χ1v) is 8.81. The molecule has 2 heterocycles. The second-order valence-electron chi connectivity index (χ2n) is 6.48. The third-order valence-electron chi connectivity index (χ3n) is 4.86. The van der Waals surface area contributed by atoms with Crippen molar-refractivity contribution in [3.63, 3.8) is 0 Å². The van der Waals surface area contributed by atoms with E-state index in [1.165, 1.54) is 10.4 Å². The Morgan fingerprint density at radius 1 is 1.11 bits per heavy atom. The van der Waals surface area contributed by atoms with E-state index in [2.05, 4.69) is 22.3 Å². The van der Waals surface area contributed by atoms with Gasteiger partial charge in [0.15, 0.2) is 5.82 Å². The monoisotopic (exact) mass is 364 g/mol. The van der Waals surface area contributed by atoms with Crippen LogP contribution in [0.4, 0.5) is 5.82 Å². The zero-order chi connectivity index (χ0) is 18.8. The number of ether oxygens (including phenoxy) is 1. The predicted molar refractivity (Wildman–Crippen MR) is 101 cm³/mol. The lowest BCUT2D eigenvalue weighted by molar-refractivity contribution is 0.0690. The fraction of sp³-hybridized carbons (Fsp3) is 0.250. The molecule has 0 aliphatic carbocycles. The molecule has 1 aliphatic heterocycles. The van der Waals surface area contributed by atoms with Crippen molar-refractivity contribution < 1.29 is 14.6 Å². The number of anilines is 1. The Balaban J connectivity index is 1.67. The number of carbonyl (C=O) groups is 1. The van der Waals surface area contributed by atoms with Crippen molar-refractivity contribution in [3.05, 3.63) is 65.9 Å². The van der Waals surface area contributed by atoms with Crippen LogP contribution in [0, 0.1) is 0 Å². The highest BCUT2D eigenvalue weighted by molar-refractivity contribution is 5.91. The standard InChI is InChI=1S/C20H20N4O3/c1-27-17-10-6-5-9-16(17)24-21-18(20(25)26)19(22-24)23-12-11-15(13-23)14-7-3-2-4-8-14/h2-10,15H,11-13H2,1H3,(H,25,26). The van der Waals surface area contributed by atoms with Crippen LogP contribution in [0.2, 0.25) is 0 Å². The lowest BCUT2D eigenvalue weighted by atomic mass is 9.99. The Kier molecular flexibility index (Phi) is 4.50. The molecular weight excluding hydrogens is 344 g/mol. The Morgan fingerprint density at radius 3 is 2.59 bits per heavy atom. The van der Waals surface area contributed by atoms with Crippen molar-refractivity contribution in [1.82, 2.24) is 15.0 Å². The van der Waals surface area contributed by atoms with Gasteiger partial charge in [-0.2, -0.15) is 0 Å². The van der Waals surface area contributed by atoms with Crippen molar-refractivity contribution in [2.45, 2.75) is 12.3 Å². The minimum absolute atomic E-state index is 0.0467. The van der Waals surface area contributed by atoms with Crippen LogP contribution in [0.1, 0.15) is 28.4 Å². The largest absolute Gasteiger partial charge is 0.494 e. The van der Waals surface area contributed by atoms with Crippen molar-refractivity contribution in [3.8, 4) is 11.4 Å². The minimum Gasteiger partial charge on any atom is -0.494 e. The number of aromatic nitrogens is 3. The molecule has 1 N–H and O–H groups in total. The average molecular weight is 364 g/mol. The van der Waals surface area contributed by atoms with Gasteiger partial charge in [-0.25, -0.2) is 4.79 Å². The molecule has 1 aliphatic rings. The van der Waals surface area contributed by atoms with Gasteiger partial charge in [0.1, 0.15) is 11.4 Å². The number of para-hydroxylation sites is 2. The topological polar surface area (TPSA) is 80.5 Å². The summed E-state index contributed by atoms with van der Waals surface area (Å²) < 4.78 is 5.35. The normalized spacial score (nSPS) is 16.5. The van der Waals surface area contributed by atoms with Crippen molar-refractivity contribution in [1.29, 1.82) is 0 Å². The fourth-order valence-electron chi connectivity index (χ4n) is 3.50. The number of hydrogen-bond donors (Lipinski definition) is 1. The molecule has 0 spiro atoms. The third kappa shape index (κ3) is 3.23. The molecular formula is C20H20N4O3. The molecule has 1 saturated heterocycles. The van der Waals surface area contributed by atoms with Gasteiger partial charge in [0.25, 0.3) is 0 Å². The first kappa shape index (κ1) is 17.1. The molecule has 1 unspecified atom stereocenters. The van der Waals surface area contributed by atoms with Crippen LogP contribution in [0.15, 0.2) is 54.6 Å². The van der Waals surface area contributed by atoms with Crippen LogP contribution in [0.5, 0.6) is 5.75 Å². The zero-order valence-corrected chi connectivity index (χ0v) is 14.9. The predicted octanol–water partition coefficient (Wildman–Crippen LogP) is 2.97. The van der Waals surface area contributed by atoms with Gasteiger partial charge < -0.3 is 14.7 Å². The lowest BCUT2D eigenvalue weighted by Gasteiger charge is -2.16. The van der Waals surface area contributed by atoms with Crippen LogP contribution in [0.25, 0.3) is 5.69 Å². The molecule has 0 bridgehead atoms. The van der Waals surface area contributed by atoms with Gasteiger partial charge in [0.05, 0.1) is 7.11 Å². The quantitative estimate of drug-likeness (QED) is 0.750. The van der Waals surface area contributed by atoms with Crippen LogP contribution < -0.4 is 9.64 Å². The summed E-state index contributed by atoms with van der Waals surface area (Å²) in [6.45, 7) is 1.46. The SMILES string of the molecule is COc1ccccc1-n1nc(C(=O)O)c(N2CCC(c3ccccc3)C2)n1. The van der Waals surface area contributed by atoms with Gasteiger partial charge in [0.2, 0.25) is 5.69 Å². The summed E-state index contributed by atoms with van der Waals surface area (Å²) in [6, 6.07) is 17.5. The van der Waals surface area contributed by atoms with Crippen molar-refractivity contribution in [2.75, 3.05) is 25.1 Å². The molecule has 1 aromatic heterocycles. The van der Waals surface area contributed by atoms with E-state index < -0.39 is 5.97 Å². The molecule has 7 nitrogen and oxygen atoms in total. The van der Waals surface area contributed by atoms with Gasteiger partial charge in [-0.15, -0.1) is 15.0 Å². The van der Waals surface area contributed by atoms with Crippen LogP contribution in [-0.4, -0.2) is 46.3 Å². The van der Waals surface area contributed by atoms with Gasteiger partial charge >= 0.3 is 5.97 Å². The molecule has 27 heavy (non-hydrogen) atoms. The van der Waals surface area contributed by atoms with Crippen LogP contribution in [-0.2, 0) is 0 Å². The number of aromatic carboxylic acids is 1. The van der Waals surface area contributed by atoms with E-state index in [0.29, 0.717) is 23.2 Å². The average Bonchev–Trinajstić information content (AvgIpc) is 3.36. The number of hydrogen-bond acceptors (Lipinski definition) is 5. The molecule has 0 amide bonds. The maximum absolute atomic E-state index is 11.8. The molecule has 4 rings (SSSR count). The smallest absolute Gasteiger partial charge is 0.360 e. The van der Waals surface area contributed by atoms with Gasteiger partial charge in [-0.1, -0.05) is 42.5 Å². The number of carboxylic acid groups (broad SMARTS) is 1. The van der Waals surface area contributed by atoms with Gasteiger partial charge in [-0.05, 0) is 24.1 Å². The summed E-state index contributed by atoms with van der Waals surface area (Å²) >= 11 is 0.